The zero-order valence-corrected chi connectivity index (χ0v) is 35.0. The molecule has 1 amide bonds. The van der Waals surface area contributed by atoms with E-state index in [4.69, 9.17) is 25.0 Å². The van der Waals surface area contributed by atoms with Gasteiger partial charge in [0.1, 0.15) is 6.61 Å². The van der Waals surface area contributed by atoms with Crippen LogP contribution in [-0.2, 0) is 11.3 Å². The van der Waals surface area contributed by atoms with E-state index in [0.717, 1.165) is 66.9 Å². The molecule has 322 valence electrons. The smallest absolute Gasteiger partial charge is 0.410 e. The summed E-state index contributed by atoms with van der Waals surface area (Å²) in [6, 6.07) is 37.6. The van der Waals surface area contributed by atoms with Crippen LogP contribution >= 0.6 is 0 Å². The predicted octanol–water partition coefficient (Wildman–Crippen LogP) is 8.25. The van der Waals surface area contributed by atoms with Crippen LogP contribution < -0.4 is 16.8 Å². The lowest BCUT2D eigenvalue weighted by Crippen LogP contribution is -2.38. The van der Waals surface area contributed by atoms with Crippen LogP contribution in [0.2, 0.25) is 0 Å². The average molecular weight is 855 g/mol. The summed E-state index contributed by atoms with van der Waals surface area (Å²) in [5.74, 6) is 3.62. The number of nitrogens with one attached hydrogen (secondary N) is 1. The van der Waals surface area contributed by atoms with Gasteiger partial charge in [0.15, 0.2) is 22.8 Å². The number of nitrogen functional groups attached to an aromatic ring is 2. The number of aromatic nitrogens is 8. The van der Waals surface area contributed by atoms with Crippen LogP contribution in [0.15, 0.2) is 137 Å². The molecule has 64 heavy (non-hydrogen) atoms. The van der Waals surface area contributed by atoms with E-state index in [0.29, 0.717) is 65.3 Å². The highest BCUT2D eigenvalue weighted by Gasteiger charge is 2.25. The van der Waals surface area contributed by atoms with Gasteiger partial charge >= 0.3 is 6.09 Å². The molecule has 0 unspecified atom stereocenters. The van der Waals surface area contributed by atoms with Crippen LogP contribution in [0, 0.1) is 0 Å². The summed E-state index contributed by atoms with van der Waals surface area (Å²) >= 11 is 0. The maximum absolute atomic E-state index is 12.5. The molecule has 8 heterocycles. The third-order valence-corrected chi connectivity index (χ3v) is 11.8. The van der Waals surface area contributed by atoms with E-state index in [9.17, 15) is 4.79 Å². The Bertz CT molecular complexity index is 3010. The van der Waals surface area contributed by atoms with E-state index >= 15 is 0 Å². The average Bonchev–Trinajstić information content (AvgIpc) is 4.20. The normalized spacial score (nSPS) is 14.7. The maximum atomic E-state index is 12.5. The molecule has 2 aliphatic rings. The number of piperidine rings is 2. The first-order valence-electron chi connectivity index (χ1n) is 21.4. The monoisotopic (exact) mass is 854 g/mol. The Balaban J connectivity index is 0.000000159. The van der Waals surface area contributed by atoms with E-state index in [1.54, 1.807) is 35.6 Å². The lowest BCUT2D eigenvalue weighted by Gasteiger charge is -2.31. The van der Waals surface area contributed by atoms with Crippen LogP contribution in [0.5, 0.6) is 0 Å². The molecule has 9 aromatic rings. The fraction of sp³-hybridized carbons (Fsp3) is 0.229. The van der Waals surface area contributed by atoms with Crippen molar-refractivity contribution in [1.82, 2.24) is 49.4 Å². The summed E-state index contributed by atoms with van der Waals surface area (Å²) in [6.07, 6.45) is 6.98. The Morgan fingerprint density at radius 1 is 0.625 bits per heavy atom. The minimum atomic E-state index is -0.258. The quantitative estimate of drug-likeness (QED) is 0.132. The van der Waals surface area contributed by atoms with Gasteiger partial charge in [-0.1, -0.05) is 66.7 Å². The Morgan fingerprint density at radius 3 is 1.67 bits per heavy atom. The van der Waals surface area contributed by atoms with E-state index in [1.165, 1.54) is 20.2 Å². The van der Waals surface area contributed by atoms with Crippen LogP contribution in [0.1, 0.15) is 54.2 Å². The molecule has 0 spiro atoms. The first-order chi connectivity index (χ1) is 31.4. The van der Waals surface area contributed by atoms with Gasteiger partial charge in [0, 0.05) is 36.3 Å². The van der Waals surface area contributed by atoms with Crippen molar-refractivity contribution in [2.75, 3.05) is 37.6 Å². The van der Waals surface area contributed by atoms with Gasteiger partial charge < -0.3 is 35.3 Å². The van der Waals surface area contributed by atoms with Crippen molar-refractivity contribution in [3.63, 3.8) is 0 Å². The number of carbonyl (C=O) groups excluding carboxylic acids is 1. The molecule has 16 heteroatoms. The molecule has 2 aliphatic heterocycles. The predicted molar refractivity (Wildman–Crippen MR) is 242 cm³/mol. The lowest BCUT2D eigenvalue weighted by atomic mass is 9.88. The van der Waals surface area contributed by atoms with Gasteiger partial charge in [0.2, 0.25) is 23.5 Å². The fourth-order valence-corrected chi connectivity index (χ4v) is 8.40. The summed E-state index contributed by atoms with van der Waals surface area (Å²) in [6.45, 7) is 3.75. The summed E-state index contributed by atoms with van der Waals surface area (Å²) in [7, 11) is 0. The first kappa shape index (κ1) is 40.2. The minimum absolute atomic E-state index is 0.255. The van der Waals surface area contributed by atoms with Gasteiger partial charge in [-0.15, -0.1) is 10.2 Å². The van der Waals surface area contributed by atoms with E-state index in [-0.39, 0.29) is 18.6 Å². The van der Waals surface area contributed by atoms with Gasteiger partial charge in [-0.25, -0.2) is 24.7 Å². The Kier molecular flexibility index (Phi) is 11.2. The number of carbonyl (C=O) groups is 1. The molecule has 2 fully saturated rings. The van der Waals surface area contributed by atoms with Crippen molar-refractivity contribution in [2.24, 2.45) is 0 Å². The number of benzene rings is 3. The van der Waals surface area contributed by atoms with Gasteiger partial charge in [-0.2, -0.15) is 9.03 Å². The van der Waals surface area contributed by atoms with Crippen molar-refractivity contribution in [2.45, 2.75) is 44.1 Å². The zero-order valence-electron chi connectivity index (χ0n) is 35.0. The number of fused-ring (bicyclic) bond motifs is 2. The van der Waals surface area contributed by atoms with Crippen LogP contribution in [0.4, 0.5) is 16.7 Å². The molecule has 6 aromatic heterocycles. The highest BCUT2D eigenvalue weighted by Crippen LogP contribution is 2.33. The summed E-state index contributed by atoms with van der Waals surface area (Å²) in [5, 5.41) is 12.2. The largest absolute Gasteiger partial charge is 0.461 e. The molecule has 0 saturated carbocycles. The minimum Gasteiger partial charge on any atom is -0.461 e. The second kappa shape index (κ2) is 17.9. The van der Waals surface area contributed by atoms with Crippen molar-refractivity contribution >= 4 is 29.3 Å². The summed E-state index contributed by atoms with van der Waals surface area (Å²) in [5.41, 5.74) is 20.7. The molecule has 11 rings (SSSR count). The molecule has 0 bridgehead atoms. The number of ether oxygens (including phenoxy) is 1. The van der Waals surface area contributed by atoms with Gasteiger partial charge in [-0.3, -0.25) is 0 Å². The van der Waals surface area contributed by atoms with E-state index < -0.39 is 0 Å². The number of likely N-dealkylation sites (tertiary alicyclic amines) is 1. The number of rotatable bonds is 8. The molecule has 5 N–H and O–H groups in total. The molecular weight excluding hydrogens is 809 g/mol. The van der Waals surface area contributed by atoms with Crippen LogP contribution in [0.3, 0.4) is 0 Å². The van der Waals surface area contributed by atoms with E-state index in [1.807, 2.05) is 60.7 Å². The van der Waals surface area contributed by atoms with Crippen LogP contribution in [-0.4, -0.2) is 76.3 Å². The van der Waals surface area contributed by atoms with Crippen molar-refractivity contribution in [3.05, 3.63) is 144 Å². The molecule has 2 saturated heterocycles. The summed E-state index contributed by atoms with van der Waals surface area (Å²) in [4.78, 5) is 32.6. The maximum Gasteiger partial charge on any atom is 0.410 e. The number of hydrogen-bond acceptors (Lipinski definition) is 13. The standard InChI is InChI=1S/C28H26N6O3.C20H20N6O/c29-27-30-23(17-25-31-26(32-34(25)27)24-10-5-15-36-24)22-9-4-8-21(16-22)20-11-13-33(14-12-20)28(35)37-18-19-6-2-1-3-7-19;21-20-23-16(12-18-24-19(25-26(18)20)17-5-2-10-27-17)15-4-1-3-14(11-15)13-6-8-22-9-7-13/h1-10,15-17,20H,11-14,18H2,(H2,29,30);1-5,10-13,22H,6-9H2,(H2,21,23). The topological polar surface area (TPSA) is 206 Å². The molecular formula is C48H46N12O4. The second-order valence-electron chi connectivity index (χ2n) is 15.9. The highest BCUT2D eigenvalue weighted by molar-refractivity contribution is 5.70. The Hall–Kier alpha value is -7.85. The van der Waals surface area contributed by atoms with Gasteiger partial charge in [0.25, 0.3) is 0 Å². The van der Waals surface area contributed by atoms with Crippen LogP contribution in [0.25, 0.3) is 57.0 Å². The van der Waals surface area contributed by atoms with Gasteiger partial charge in [0.05, 0.1) is 23.9 Å². The molecule has 16 nitrogen and oxygen atoms in total. The fourth-order valence-electron chi connectivity index (χ4n) is 8.40. The zero-order chi connectivity index (χ0) is 43.4. The molecule has 3 aromatic carbocycles. The van der Waals surface area contributed by atoms with Crippen molar-refractivity contribution in [3.8, 4) is 45.7 Å². The molecule has 0 atom stereocenters. The number of hydrogen-bond donors (Lipinski definition) is 3. The first-order valence-corrected chi connectivity index (χ1v) is 21.4. The molecule has 0 aliphatic carbocycles. The number of furan rings is 2. The number of nitrogens with two attached hydrogens (primary N) is 2. The second-order valence-corrected chi connectivity index (χ2v) is 15.9. The van der Waals surface area contributed by atoms with Crippen molar-refractivity contribution in [1.29, 1.82) is 0 Å². The lowest BCUT2D eigenvalue weighted by molar-refractivity contribution is 0.0870. The highest BCUT2D eigenvalue weighted by atomic mass is 16.6. The Labute approximate surface area is 367 Å². The number of amides is 1. The van der Waals surface area contributed by atoms with Gasteiger partial charge in [-0.05, 0) is 104 Å². The van der Waals surface area contributed by atoms with E-state index in [2.05, 4.69) is 71.8 Å². The van der Waals surface area contributed by atoms with Crippen molar-refractivity contribution < 1.29 is 18.4 Å². The third-order valence-electron chi connectivity index (χ3n) is 11.8. The summed E-state index contributed by atoms with van der Waals surface area (Å²) < 4.78 is 19.3. The Morgan fingerprint density at radius 2 is 1.16 bits per heavy atom. The molecule has 0 radical (unpaired) electrons. The SMILES string of the molecule is Nc1nc(-c2cccc(C3CCN(C(=O)OCc4ccccc4)CC3)c2)cc2nc(-c3ccco3)nn12.Nc1nc(-c2cccc(C3CCNCC3)c2)cc2nc(-c3ccco3)nn12. The number of nitrogens with zero attached hydrogens (tertiary/aromatic N) is 9. The third kappa shape index (κ3) is 8.63. The number of anilines is 2.